The van der Waals surface area contributed by atoms with Gasteiger partial charge in [0.15, 0.2) is 12.5 Å². The standard InChI is InChI=1S/C26H29ClN4O4/c27-21-13-20-23(11-18(21)15-32)31(25-3-1-2-9-35-25)28-26(20)17-4-5-22(24(33)12-17)30-7-6-29-8-10-34-16-19(29)14-30/h4-5,11-13,15,19,25,33H,1-3,6-10,14,16H2/t19-,25?/m1/s1. The number of rotatable bonds is 4. The summed E-state index contributed by atoms with van der Waals surface area (Å²) >= 11 is 6.40. The molecule has 3 fully saturated rings. The lowest BCUT2D eigenvalue weighted by molar-refractivity contribution is -0.0365. The monoisotopic (exact) mass is 496 g/mol. The van der Waals surface area contributed by atoms with E-state index in [1.54, 1.807) is 18.2 Å². The fourth-order valence-corrected chi connectivity index (χ4v) is 5.72. The lowest BCUT2D eigenvalue weighted by atomic mass is 10.0. The van der Waals surface area contributed by atoms with Crippen LogP contribution in [0.3, 0.4) is 0 Å². The van der Waals surface area contributed by atoms with Gasteiger partial charge >= 0.3 is 0 Å². The summed E-state index contributed by atoms with van der Waals surface area (Å²) in [6, 6.07) is 9.64. The van der Waals surface area contributed by atoms with E-state index in [4.69, 9.17) is 26.2 Å². The fraction of sp³-hybridized carbons (Fsp3) is 0.462. The van der Waals surface area contributed by atoms with Crippen molar-refractivity contribution in [2.45, 2.75) is 31.5 Å². The van der Waals surface area contributed by atoms with Crippen LogP contribution in [0.25, 0.3) is 22.2 Å². The highest BCUT2D eigenvalue weighted by Crippen LogP contribution is 2.39. The molecule has 0 bridgehead atoms. The number of fused-ring (bicyclic) bond motifs is 2. The second-order valence-corrected chi connectivity index (χ2v) is 9.94. The smallest absolute Gasteiger partial charge is 0.151 e. The SMILES string of the molecule is O=Cc1cc2c(cc1Cl)c(-c1ccc(N3CCN4CCOC[C@H]4C3)c(O)c1)nn2C1CCCCO1. The minimum absolute atomic E-state index is 0.192. The van der Waals surface area contributed by atoms with Crippen LogP contribution in [-0.2, 0) is 9.47 Å². The molecule has 0 radical (unpaired) electrons. The Labute approximate surface area is 209 Å². The average Bonchev–Trinajstić information content (AvgIpc) is 3.26. The maximum absolute atomic E-state index is 11.6. The first-order valence-electron chi connectivity index (χ1n) is 12.3. The van der Waals surface area contributed by atoms with Gasteiger partial charge in [-0.15, -0.1) is 0 Å². The third-order valence-corrected chi connectivity index (χ3v) is 7.73. The topological polar surface area (TPSA) is 80.1 Å². The Morgan fingerprint density at radius 1 is 1.11 bits per heavy atom. The van der Waals surface area contributed by atoms with E-state index in [2.05, 4.69) is 9.80 Å². The van der Waals surface area contributed by atoms with Gasteiger partial charge in [0.25, 0.3) is 0 Å². The number of carbonyl (C=O) groups excluding carboxylic acids is 1. The first kappa shape index (κ1) is 22.8. The molecule has 4 heterocycles. The number of hydrogen-bond donors (Lipinski definition) is 1. The van der Waals surface area contributed by atoms with Gasteiger partial charge in [0.2, 0.25) is 0 Å². The zero-order valence-corrected chi connectivity index (χ0v) is 20.3. The van der Waals surface area contributed by atoms with E-state index >= 15 is 0 Å². The van der Waals surface area contributed by atoms with E-state index in [-0.39, 0.29) is 12.0 Å². The largest absolute Gasteiger partial charge is 0.506 e. The molecule has 1 N–H and O–H groups in total. The zero-order chi connectivity index (χ0) is 23.9. The van der Waals surface area contributed by atoms with Gasteiger partial charge in [0.05, 0.1) is 35.5 Å². The molecule has 0 saturated carbocycles. The average molecular weight is 497 g/mol. The van der Waals surface area contributed by atoms with E-state index in [1.807, 2.05) is 16.8 Å². The molecule has 35 heavy (non-hydrogen) atoms. The van der Waals surface area contributed by atoms with Crippen LogP contribution >= 0.6 is 11.6 Å². The molecule has 3 aliphatic rings. The maximum atomic E-state index is 11.6. The molecule has 3 aromatic rings. The molecule has 3 aliphatic heterocycles. The van der Waals surface area contributed by atoms with Crippen LogP contribution in [0.15, 0.2) is 30.3 Å². The summed E-state index contributed by atoms with van der Waals surface area (Å²) in [5.74, 6) is 0.222. The molecule has 6 rings (SSSR count). The van der Waals surface area contributed by atoms with Crippen LogP contribution in [0.2, 0.25) is 5.02 Å². The van der Waals surface area contributed by atoms with Gasteiger partial charge < -0.3 is 19.5 Å². The van der Waals surface area contributed by atoms with E-state index in [0.717, 1.165) is 87.1 Å². The molecular weight excluding hydrogens is 468 g/mol. The van der Waals surface area contributed by atoms with Gasteiger partial charge in [0, 0.05) is 49.3 Å². The van der Waals surface area contributed by atoms with Crippen molar-refractivity contribution in [1.29, 1.82) is 0 Å². The van der Waals surface area contributed by atoms with Crippen LogP contribution in [0.4, 0.5) is 5.69 Å². The van der Waals surface area contributed by atoms with Crippen molar-refractivity contribution >= 4 is 34.5 Å². The van der Waals surface area contributed by atoms with Gasteiger partial charge in [-0.2, -0.15) is 5.10 Å². The maximum Gasteiger partial charge on any atom is 0.151 e. The Hall–Kier alpha value is -2.65. The first-order valence-corrected chi connectivity index (χ1v) is 12.7. The Morgan fingerprint density at radius 3 is 2.83 bits per heavy atom. The van der Waals surface area contributed by atoms with E-state index in [0.29, 0.717) is 28.9 Å². The van der Waals surface area contributed by atoms with Gasteiger partial charge in [0.1, 0.15) is 11.4 Å². The number of ether oxygens (including phenoxy) is 2. The minimum atomic E-state index is -0.192. The molecule has 0 amide bonds. The summed E-state index contributed by atoms with van der Waals surface area (Å²) in [4.78, 5) is 16.3. The number of carbonyl (C=O) groups is 1. The summed E-state index contributed by atoms with van der Waals surface area (Å²) in [6.07, 6.45) is 3.52. The highest BCUT2D eigenvalue weighted by molar-refractivity contribution is 6.34. The van der Waals surface area contributed by atoms with Gasteiger partial charge in [-0.05, 0) is 43.5 Å². The summed E-state index contributed by atoms with van der Waals surface area (Å²) in [7, 11) is 0. The van der Waals surface area contributed by atoms with Crippen molar-refractivity contribution in [3.8, 4) is 17.0 Å². The Balaban J connectivity index is 1.37. The highest BCUT2D eigenvalue weighted by atomic mass is 35.5. The van der Waals surface area contributed by atoms with Crippen LogP contribution in [0.1, 0.15) is 35.8 Å². The highest BCUT2D eigenvalue weighted by Gasteiger charge is 2.31. The number of aromatic hydroxyl groups is 1. The lowest BCUT2D eigenvalue weighted by Gasteiger charge is -2.44. The lowest BCUT2D eigenvalue weighted by Crippen LogP contribution is -2.58. The molecule has 0 aliphatic carbocycles. The molecular formula is C26H29ClN4O4. The first-order chi connectivity index (χ1) is 17.1. The Morgan fingerprint density at radius 2 is 2.03 bits per heavy atom. The zero-order valence-electron chi connectivity index (χ0n) is 19.5. The number of phenols is 1. The van der Waals surface area contributed by atoms with E-state index in [9.17, 15) is 9.90 Å². The number of hydrogen-bond acceptors (Lipinski definition) is 7. The fourth-order valence-electron chi connectivity index (χ4n) is 5.52. The quantitative estimate of drug-likeness (QED) is 0.545. The minimum Gasteiger partial charge on any atom is -0.506 e. The number of phenolic OH excluding ortho intramolecular Hbond substituents is 1. The molecule has 2 aromatic carbocycles. The summed E-state index contributed by atoms with van der Waals surface area (Å²) < 4.78 is 13.5. The van der Waals surface area contributed by atoms with E-state index in [1.165, 1.54) is 0 Å². The summed E-state index contributed by atoms with van der Waals surface area (Å²) in [5, 5.41) is 17.2. The predicted molar refractivity (Wildman–Crippen MR) is 134 cm³/mol. The van der Waals surface area contributed by atoms with Crippen molar-refractivity contribution in [2.75, 3.05) is 50.9 Å². The second kappa shape index (κ2) is 9.43. The van der Waals surface area contributed by atoms with Crippen LogP contribution < -0.4 is 4.90 Å². The molecule has 1 aromatic heterocycles. The van der Waals surface area contributed by atoms with Crippen LogP contribution in [-0.4, -0.2) is 78.1 Å². The number of nitrogens with zero attached hydrogens (tertiary/aromatic N) is 4. The molecule has 2 atom stereocenters. The normalized spacial score (nSPS) is 23.4. The third-order valence-electron chi connectivity index (χ3n) is 7.41. The molecule has 1 unspecified atom stereocenters. The number of anilines is 1. The van der Waals surface area contributed by atoms with Crippen LogP contribution in [0, 0.1) is 0 Å². The third kappa shape index (κ3) is 4.18. The number of piperazine rings is 1. The molecule has 184 valence electrons. The molecule has 8 nitrogen and oxygen atoms in total. The Kier molecular flexibility index (Phi) is 6.14. The number of aldehydes is 1. The van der Waals surface area contributed by atoms with Crippen molar-refractivity contribution in [3.05, 3.63) is 40.9 Å². The molecule has 0 spiro atoms. The Bertz CT molecular complexity index is 1260. The van der Waals surface area contributed by atoms with Crippen LogP contribution in [0.5, 0.6) is 5.75 Å². The predicted octanol–water partition coefficient (Wildman–Crippen LogP) is 4.09. The van der Waals surface area contributed by atoms with Crippen molar-refractivity contribution < 1.29 is 19.4 Å². The number of halogens is 1. The number of aromatic nitrogens is 2. The van der Waals surface area contributed by atoms with Crippen molar-refractivity contribution in [2.24, 2.45) is 0 Å². The van der Waals surface area contributed by atoms with Gasteiger partial charge in [-0.3, -0.25) is 9.69 Å². The second-order valence-electron chi connectivity index (χ2n) is 9.54. The summed E-state index contributed by atoms with van der Waals surface area (Å²) in [6.45, 7) is 5.83. The van der Waals surface area contributed by atoms with Gasteiger partial charge in [-0.1, -0.05) is 17.7 Å². The van der Waals surface area contributed by atoms with E-state index < -0.39 is 0 Å². The number of benzene rings is 2. The van der Waals surface area contributed by atoms with Gasteiger partial charge in [-0.25, -0.2) is 4.68 Å². The van der Waals surface area contributed by atoms with Crippen molar-refractivity contribution in [1.82, 2.24) is 14.7 Å². The molecule has 9 heteroatoms. The molecule has 3 saturated heterocycles. The summed E-state index contributed by atoms with van der Waals surface area (Å²) in [5.41, 5.74) is 3.54. The number of morpholine rings is 1. The van der Waals surface area contributed by atoms with Crippen molar-refractivity contribution in [3.63, 3.8) is 0 Å².